The molecule has 1 amide bonds. The highest BCUT2D eigenvalue weighted by Crippen LogP contribution is 2.20. The largest absolute Gasteiger partial charge is 0.325 e. The van der Waals surface area contributed by atoms with Gasteiger partial charge in [0.1, 0.15) is 0 Å². The van der Waals surface area contributed by atoms with Crippen LogP contribution in [-0.4, -0.2) is 25.0 Å². The number of nitrogens with one attached hydrogen (secondary N) is 2. The van der Waals surface area contributed by atoms with Gasteiger partial charge in [-0.1, -0.05) is 30.7 Å². The van der Waals surface area contributed by atoms with E-state index >= 15 is 0 Å². The van der Waals surface area contributed by atoms with Crippen molar-refractivity contribution in [3.8, 4) is 0 Å². The fourth-order valence-corrected chi connectivity index (χ4v) is 2.74. The molecule has 104 valence electrons. The Morgan fingerprint density at radius 1 is 1.37 bits per heavy atom. The van der Waals surface area contributed by atoms with E-state index in [1.807, 2.05) is 25.1 Å². The molecule has 0 aliphatic carbocycles. The van der Waals surface area contributed by atoms with E-state index in [-0.39, 0.29) is 11.9 Å². The molecule has 1 aromatic rings. The smallest absolute Gasteiger partial charge is 0.282 e. The highest BCUT2D eigenvalue weighted by Gasteiger charge is 2.28. The molecule has 1 saturated heterocycles. The molecule has 2 N–H and O–H groups in total. The number of hydrogen-bond donors (Lipinski definition) is 2. The van der Waals surface area contributed by atoms with Gasteiger partial charge in [-0.15, -0.1) is 0 Å². The van der Waals surface area contributed by atoms with Crippen LogP contribution in [-0.2, 0) is 4.79 Å². The summed E-state index contributed by atoms with van der Waals surface area (Å²) < 4.78 is 0. The molecule has 1 aromatic carbocycles. The molecule has 1 aliphatic rings. The molecule has 0 saturated carbocycles. The number of carbonyl (C=O) groups is 1. The summed E-state index contributed by atoms with van der Waals surface area (Å²) in [6.45, 7) is 6.44. The van der Waals surface area contributed by atoms with E-state index in [2.05, 4.69) is 12.2 Å². The highest BCUT2D eigenvalue weighted by molar-refractivity contribution is 6.33. The number of halogens is 1. The molecule has 1 heterocycles. The van der Waals surface area contributed by atoms with Gasteiger partial charge in [-0.25, -0.2) is 0 Å². The van der Waals surface area contributed by atoms with Crippen LogP contribution in [0.2, 0.25) is 5.02 Å². The summed E-state index contributed by atoms with van der Waals surface area (Å²) in [6, 6.07) is 7.33. The van der Waals surface area contributed by atoms with Crippen LogP contribution in [0.4, 0.5) is 5.69 Å². The number of amides is 1. The lowest BCUT2D eigenvalue weighted by atomic mass is 9.98. The fourth-order valence-electron chi connectivity index (χ4n) is 2.55. The van der Waals surface area contributed by atoms with Gasteiger partial charge in [0.2, 0.25) is 0 Å². The number of carbonyl (C=O) groups excluding carboxylic acids is 1. The molecule has 0 radical (unpaired) electrons. The quantitative estimate of drug-likeness (QED) is 0.873. The van der Waals surface area contributed by atoms with Crippen LogP contribution in [0.15, 0.2) is 24.3 Å². The Labute approximate surface area is 119 Å². The van der Waals surface area contributed by atoms with Crippen molar-refractivity contribution in [2.24, 2.45) is 5.92 Å². The fraction of sp³-hybridized carbons (Fsp3) is 0.533. The van der Waals surface area contributed by atoms with Gasteiger partial charge in [-0.05, 0) is 37.8 Å². The van der Waals surface area contributed by atoms with Crippen molar-refractivity contribution in [1.29, 1.82) is 0 Å². The van der Waals surface area contributed by atoms with E-state index in [1.54, 1.807) is 6.07 Å². The summed E-state index contributed by atoms with van der Waals surface area (Å²) >= 11 is 6.06. The topological polar surface area (TPSA) is 33.5 Å². The first-order valence-electron chi connectivity index (χ1n) is 6.98. The van der Waals surface area contributed by atoms with Gasteiger partial charge < -0.3 is 10.2 Å². The lowest BCUT2D eigenvalue weighted by Crippen LogP contribution is -3.17. The third-order valence-electron chi connectivity index (χ3n) is 4.05. The second kappa shape index (κ2) is 6.40. The number of para-hydroxylation sites is 1. The van der Waals surface area contributed by atoms with Crippen LogP contribution < -0.4 is 10.2 Å². The van der Waals surface area contributed by atoms with E-state index in [9.17, 15) is 4.79 Å². The number of rotatable bonds is 3. The molecule has 1 fully saturated rings. The second-order valence-electron chi connectivity index (χ2n) is 5.53. The summed E-state index contributed by atoms with van der Waals surface area (Å²) in [5.41, 5.74) is 0.700. The summed E-state index contributed by atoms with van der Waals surface area (Å²) in [5, 5.41) is 3.52. The Hall–Kier alpha value is -1.06. The molecular weight excluding hydrogens is 260 g/mol. The van der Waals surface area contributed by atoms with Crippen LogP contribution in [0.25, 0.3) is 0 Å². The zero-order valence-corrected chi connectivity index (χ0v) is 12.3. The maximum atomic E-state index is 12.3. The maximum Gasteiger partial charge on any atom is 0.282 e. The number of likely N-dealkylation sites (tertiary alicyclic amines) is 1. The van der Waals surface area contributed by atoms with Gasteiger partial charge in [0.25, 0.3) is 5.91 Å². The van der Waals surface area contributed by atoms with Crippen molar-refractivity contribution in [3.05, 3.63) is 29.3 Å². The Morgan fingerprint density at radius 3 is 2.63 bits per heavy atom. The van der Waals surface area contributed by atoms with Crippen LogP contribution >= 0.6 is 11.6 Å². The van der Waals surface area contributed by atoms with E-state index in [0.29, 0.717) is 10.7 Å². The van der Waals surface area contributed by atoms with Gasteiger partial charge in [-0.3, -0.25) is 4.79 Å². The lowest BCUT2D eigenvalue weighted by Gasteiger charge is -2.31. The van der Waals surface area contributed by atoms with Crippen molar-refractivity contribution in [3.63, 3.8) is 0 Å². The molecular formula is C15H22ClN2O+. The number of benzene rings is 1. The molecule has 19 heavy (non-hydrogen) atoms. The van der Waals surface area contributed by atoms with E-state index in [1.165, 1.54) is 17.7 Å². The molecule has 0 unspecified atom stereocenters. The summed E-state index contributed by atoms with van der Waals surface area (Å²) in [5.74, 6) is 0.847. The van der Waals surface area contributed by atoms with Crippen molar-refractivity contribution in [2.75, 3.05) is 18.4 Å². The third-order valence-corrected chi connectivity index (χ3v) is 4.38. The van der Waals surface area contributed by atoms with Crippen molar-refractivity contribution < 1.29 is 9.69 Å². The second-order valence-corrected chi connectivity index (χ2v) is 5.94. The Kier molecular flexibility index (Phi) is 4.83. The standard InChI is InChI=1S/C15H21ClN2O/c1-11-7-9-18(10-8-11)12(2)15(19)17-14-6-4-3-5-13(14)16/h3-6,11-12H,7-10H2,1-2H3,(H,17,19)/p+1/t12-/m0/s1. The number of piperidine rings is 1. The number of hydrogen-bond acceptors (Lipinski definition) is 1. The molecule has 3 nitrogen and oxygen atoms in total. The van der Waals surface area contributed by atoms with Gasteiger partial charge >= 0.3 is 0 Å². The zero-order chi connectivity index (χ0) is 13.8. The normalized spacial score (nSPS) is 24.8. The minimum Gasteiger partial charge on any atom is -0.325 e. The molecule has 0 aromatic heterocycles. The van der Waals surface area contributed by atoms with Gasteiger partial charge in [0, 0.05) is 0 Å². The highest BCUT2D eigenvalue weighted by atomic mass is 35.5. The average molecular weight is 282 g/mol. The monoisotopic (exact) mass is 281 g/mol. The Morgan fingerprint density at radius 2 is 2.00 bits per heavy atom. The summed E-state index contributed by atoms with van der Waals surface area (Å²) in [6.07, 6.45) is 2.41. The molecule has 0 bridgehead atoms. The van der Waals surface area contributed by atoms with Crippen LogP contribution in [0.3, 0.4) is 0 Å². The lowest BCUT2D eigenvalue weighted by molar-refractivity contribution is -0.919. The average Bonchev–Trinajstić information content (AvgIpc) is 2.41. The molecule has 0 spiro atoms. The van der Waals surface area contributed by atoms with Gasteiger partial charge in [-0.2, -0.15) is 0 Å². The predicted octanol–water partition coefficient (Wildman–Crippen LogP) is 1.98. The minimum absolute atomic E-state index is 0.0243. The molecule has 1 atom stereocenters. The SMILES string of the molecule is CC1CC[NH+]([C@@H](C)C(=O)Nc2ccccc2Cl)CC1. The first-order chi connectivity index (χ1) is 9.08. The van der Waals surface area contributed by atoms with Crippen molar-refractivity contribution in [2.45, 2.75) is 32.7 Å². The zero-order valence-electron chi connectivity index (χ0n) is 11.6. The number of anilines is 1. The Balaban J connectivity index is 1.94. The molecule has 1 aliphatic heterocycles. The number of quaternary nitrogens is 1. The summed E-state index contributed by atoms with van der Waals surface area (Å²) in [7, 11) is 0. The van der Waals surface area contributed by atoms with Gasteiger partial charge in [0.15, 0.2) is 6.04 Å². The summed E-state index contributed by atoms with van der Waals surface area (Å²) in [4.78, 5) is 13.6. The van der Waals surface area contributed by atoms with Crippen LogP contribution in [0, 0.1) is 5.92 Å². The van der Waals surface area contributed by atoms with E-state index in [4.69, 9.17) is 11.6 Å². The molecule has 4 heteroatoms. The van der Waals surface area contributed by atoms with Crippen molar-refractivity contribution >= 4 is 23.2 Å². The maximum absolute atomic E-state index is 12.3. The van der Waals surface area contributed by atoms with E-state index < -0.39 is 0 Å². The molecule has 2 rings (SSSR count). The first-order valence-corrected chi connectivity index (χ1v) is 7.35. The predicted molar refractivity (Wildman–Crippen MR) is 78.6 cm³/mol. The van der Waals surface area contributed by atoms with Crippen LogP contribution in [0.1, 0.15) is 26.7 Å². The third kappa shape index (κ3) is 3.71. The van der Waals surface area contributed by atoms with E-state index in [0.717, 1.165) is 19.0 Å². The van der Waals surface area contributed by atoms with Crippen LogP contribution in [0.5, 0.6) is 0 Å². The first kappa shape index (κ1) is 14.4. The van der Waals surface area contributed by atoms with Gasteiger partial charge in [0.05, 0.1) is 23.8 Å². The Bertz CT molecular complexity index is 442. The minimum atomic E-state index is -0.0243. The van der Waals surface area contributed by atoms with Crippen molar-refractivity contribution in [1.82, 2.24) is 0 Å².